The Balaban J connectivity index is 1.67. The van der Waals surface area contributed by atoms with E-state index in [0.29, 0.717) is 23.3 Å². The quantitative estimate of drug-likeness (QED) is 0.728. The fourth-order valence-corrected chi connectivity index (χ4v) is 3.71. The first-order chi connectivity index (χ1) is 13.6. The number of rotatable bonds is 4. The molecule has 2 heterocycles. The Morgan fingerprint density at radius 2 is 2.14 bits per heavy atom. The second-order valence-electron chi connectivity index (χ2n) is 6.79. The van der Waals surface area contributed by atoms with Crippen LogP contribution in [0.3, 0.4) is 0 Å². The number of H-pyrrole nitrogens is 1. The Morgan fingerprint density at radius 1 is 1.32 bits per heavy atom. The van der Waals surface area contributed by atoms with Gasteiger partial charge < -0.3 is 14.7 Å². The Morgan fingerprint density at radius 3 is 2.86 bits per heavy atom. The van der Waals surface area contributed by atoms with Crippen LogP contribution in [0.2, 0.25) is 0 Å². The van der Waals surface area contributed by atoms with Crippen LogP contribution in [-0.2, 0) is 0 Å². The first-order valence-electron chi connectivity index (χ1n) is 8.99. The van der Waals surface area contributed by atoms with E-state index >= 15 is 0 Å². The number of methoxy groups -OCH3 is 1. The van der Waals surface area contributed by atoms with E-state index in [1.54, 1.807) is 48.8 Å². The summed E-state index contributed by atoms with van der Waals surface area (Å²) in [5.41, 5.74) is 2.48. The monoisotopic (exact) mass is 381 g/mol. The maximum absolute atomic E-state index is 14.3. The van der Waals surface area contributed by atoms with E-state index in [9.17, 15) is 14.3 Å². The maximum atomic E-state index is 14.3. The van der Waals surface area contributed by atoms with Crippen molar-refractivity contribution in [2.24, 2.45) is 0 Å². The van der Waals surface area contributed by atoms with Gasteiger partial charge in [-0.1, -0.05) is 18.2 Å². The van der Waals surface area contributed by atoms with Crippen LogP contribution in [0.4, 0.5) is 4.39 Å². The van der Waals surface area contributed by atoms with Gasteiger partial charge >= 0.3 is 0 Å². The molecule has 1 aliphatic heterocycles. The van der Waals surface area contributed by atoms with Gasteiger partial charge in [-0.05, 0) is 30.7 Å². The lowest BCUT2D eigenvalue weighted by Gasteiger charge is -2.25. The zero-order valence-corrected chi connectivity index (χ0v) is 15.3. The second-order valence-corrected chi connectivity index (χ2v) is 6.79. The summed E-state index contributed by atoms with van der Waals surface area (Å²) in [6.45, 7) is 0.156. The first-order valence-corrected chi connectivity index (χ1v) is 8.99. The summed E-state index contributed by atoms with van der Waals surface area (Å²) in [5.74, 6) is -0.122. The molecule has 28 heavy (non-hydrogen) atoms. The molecule has 1 fully saturated rings. The van der Waals surface area contributed by atoms with E-state index in [0.717, 1.165) is 11.1 Å². The van der Waals surface area contributed by atoms with Gasteiger partial charge in [0.1, 0.15) is 11.6 Å². The minimum Gasteiger partial charge on any atom is -0.496 e. The number of aromatic amines is 1. The van der Waals surface area contributed by atoms with Crippen molar-refractivity contribution >= 4 is 5.91 Å². The van der Waals surface area contributed by atoms with Crippen LogP contribution in [0.5, 0.6) is 5.75 Å². The van der Waals surface area contributed by atoms with Crippen LogP contribution < -0.4 is 4.74 Å². The van der Waals surface area contributed by atoms with Gasteiger partial charge in [-0.2, -0.15) is 5.10 Å². The van der Waals surface area contributed by atoms with E-state index < -0.39 is 12.1 Å². The number of amides is 1. The summed E-state index contributed by atoms with van der Waals surface area (Å²) >= 11 is 0. The molecule has 0 aliphatic carbocycles. The van der Waals surface area contributed by atoms with Gasteiger partial charge in [0.2, 0.25) is 0 Å². The van der Waals surface area contributed by atoms with E-state index in [4.69, 9.17) is 4.74 Å². The summed E-state index contributed by atoms with van der Waals surface area (Å²) in [5, 5.41) is 16.8. The topological polar surface area (TPSA) is 78.4 Å². The molecule has 0 saturated carbocycles. The fourth-order valence-electron chi connectivity index (χ4n) is 3.71. The number of benzene rings is 2. The van der Waals surface area contributed by atoms with Crippen molar-refractivity contribution < 1.29 is 19.0 Å². The highest BCUT2D eigenvalue weighted by Crippen LogP contribution is 2.36. The molecule has 1 aromatic heterocycles. The van der Waals surface area contributed by atoms with Gasteiger partial charge in [0.05, 0.1) is 25.5 Å². The number of aromatic nitrogens is 2. The summed E-state index contributed by atoms with van der Waals surface area (Å²) in [4.78, 5) is 14.7. The number of halogens is 1. The number of nitrogens with one attached hydrogen (secondary N) is 1. The number of ether oxygens (including phenoxy) is 1. The largest absolute Gasteiger partial charge is 0.496 e. The van der Waals surface area contributed by atoms with Crippen molar-refractivity contribution in [2.45, 2.75) is 18.6 Å². The van der Waals surface area contributed by atoms with Gasteiger partial charge in [0, 0.05) is 35.0 Å². The molecule has 4 rings (SSSR count). The molecular weight excluding hydrogens is 361 g/mol. The molecule has 0 unspecified atom stereocenters. The van der Waals surface area contributed by atoms with E-state index in [1.807, 2.05) is 0 Å². The Kier molecular flexibility index (Phi) is 4.83. The van der Waals surface area contributed by atoms with Crippen molar-refractivity contribution in [1.82, 2.24) is 15.1 Å². The van der Waals surface area contributed by atoms with Gasteiger partial charge in [-0.25, -0.2) is 4.39 Å². The van der Waals surface area contributed by atoms with Crippen LogP contribution in [0, 0.1) is 5.82 Å². The standard InChI is InChI=1S/C21H20FN3O3/c1-28-20-8-13(6-7-16(20)14-10-23-24-11-14)21(27)25-12-15(26)9-19(25)17-4-2-3-5-18(17)22/h2-8,10-11,15,19,26H,9,12H2,1H3,(H,23,24)/t15-,19-/m1/s1. The fraction of sp³-hybridized carbons (Fsp3) is 0.238. The molecule has 0 bridgehead atoms. The predicted octanol–water partition coefficient (Wildman–Crippen LogP) is 3.17. The van der Waals surface area contributed by atoms with Crippen LogP contribution in [-0.4, -0.2) is 45.9 Å². The highest BCUT2D eigenvalue weighted by molar-refractivity contribution is 5.96. The van der Waals surface area contributed by atoms with Crippen LogP contribution >= 0.6 is 0 Å². The van der Waals surface area contributed by atoms with Crippen LogP contribution in [0.15, 0.2) is 54.9 Å². The third-order valence-electron chi connectivity index (χ3n) is 5.06. The predicted molar refractivity (Wildman–Crippen MR) is 101 cm³/mol. The minimum atomic E-state index is -0.694. The number of likely N-dealkylation sites (tertiary alicyclic amines) is 1. The zero-order chi connectivity index (χ0) is 19.7. The third kappa shape index (κ3) is 3.25. The number of carbonyl (C=O) groups is 1. The number of nitrogens with zero attached hydrogens (tertiary/aromatic N) is 2. The second kappa shape index (κ2) is 7.44. The average Bonchev–Trinajstić information content (AvgIpc) is 3.37. The van der Waals surface area contributed by atoms with E-state index in [2.05, 4.69) is 10.2 Å². The lowest BCUT2D eigenvalue weighted by atomic mass is 10.0. The molecule has 2 N–H and O–H groups in total. The molecule has 144 valence electrons. The third-order valence-corrected chi connectivity index (χ3v) is 5.06. The molecular formula is C21H20FN3O3. The molecule has 6 nitrogen and oxygen atoms in total. The summed E-state index contributed by atoms with van der Waals surface area (Å²) in [6, 6.07) is 11.0. The van der Waals surface area contributed by atoms with Crippen LogP contribution in [0.25, 0.3) is 11.1 Å². The van der Waals surface area contributed by atoms with Crippen molar-refractivity contribution in [2.75, 3.05) is 13.7 Å². The van der Waals surface area contributed by atoms with Gasteiger partial charge in [0.25, 0.3) is 5.91 Å². The van der Waals surface area contributed by atoms with Crippen molar-refractivity contribution in [1.29, 1.82) is 0 Å². The highest BCUT2D eigenvalue weighted by Gasteiger charge is 2.37. The lowest BCUT2D eigenvalue weighted by molar-refractivity contribution is 0.0713. The van der Waals surface area contributed by atoms with Crippen molar-refractivity contribution in [3.63, 3.8) is 0 Å². The molecule has 1 amide bonds. The number of β-amino-alcohol motifs (C(OH)–C–C–N with tert-alkyl or cyclic N) is 1. The van der Waals surface area contributed by atoms with Crippen molar-refractivity contribution in [3.8, 4) is 16.9 Å². The molecule has 0 radical (unpaired) electrons. The number of hydrogen-bond acceptors (Lipinski definition) is 4. The normalized spacial score (nSPS) is 19.0. The molecule has 2 atom stereocenters. The molecule has 2 aromatic carbocycles. The maximum Gasteiger partial charge on any atom is 0.254 e. The van der Waals surface area contributed by atoms with E-state index in [-0.39, 0.29) is 18.3 Å². The lowest BCUT2D eigenvalue weighted by Crippen LogP contribution is -2.32. The Hall–Kier alpha value is -3.19. The summed E-state index contributed by atoms with van der Waals surface area (Å²) in [7, 11) is 1.54. The van der Waals surface area contributed by atoms with Gasteiger partial charge in [0.15, 0.2) is 0 Å². The Labute approximate surface area is 161 Å². The van der Waals surface area contributed by atoms with Crippen LogP contribution in [0.1, 0.15) is 28.4 Å². The van der Waals surface area contributed by atoms with Gasteiger partial charge in [-0.15, -0.1) is 0 Å². The molecule has 1 saturated heterocycles. The average molecular weight is 381 g/mol. The Bertz CT molecular complexity index is 990. The molecule has 0 spiro atoms. The highest BCUT2D eigenvalue weighted by atomic mass is 19.1. The number of aliphatic hydroxyl groups excluding tert-OH is 1. The zero-order valence-electron chi connectivity index (χ0n) is 15.3. The minimum absolute atomic E-state index is 0.156. The summed E-state index contributed by atoms with van der Waals surface area (Å²) < 4.78 is 19.7. The molecule has 7 heteroatoms. The number of aliphatic hydroxyl groups is 1. The van der Waals surface area contributed by atoms with E-state index in [1.165, 1.54) is 18.1 Å². The number of hydrogen-bond donors (Lipinski definition) is 2. The first kappa shape index (κ1) is 18.2. The molecule has 3 aromatic rings. The molecule has 1 aliphatic rings. The number of carbonyl (C=O) groups excluding carboxylic acids is 1. The van der Waals surface area contributed by atoms with Crippen molar-refractivity contribution in [3.05, 3.63) is 71.8 Å². The smallest absolute Gasteiger partial charge is 0.254 e. The summed E-state index contributed by atoms with van der Waals surface area (Å²) in [6.07, 6.45) is 3.02. The van der Waals surface area contributed by atoms with Gasteiger partial charge in [-0.3, -0.25) is 9.89 Å². The SMILES string of the molecule is COc1cc(C(=O)N2C[C@H](O)C[C@@H]2c2ccccc2F)ccc1-c1cn[nH]c1.